The van der Waals surface area contributed by atoms with Gasteiger partial charge in [-0.25, -0.2) is 4.79 Å². The minimum atomic E-state index is -0.163. The van der Waals surface area contributed by atoms with Gasteiger partial charge in [0, 0.05) is 36.7 Å². The first kappa shape index (κ1) is 22.4. The SMILES string of the molecule is CCc1ccc(NC(=O)N(CC(=O)N(Cc2cccn2C)C2CC2)C2CCCCC2)cc1. The van der Waals surface area contributed by atoms with E-state index in [1.54, 1.807) is 4.90 Å². The van der Waals surface area contributed by atoms with Crippen LogP contribution in [0.4, 0.5) is 10.5 Å². The molecular formula is C26H36N4O2. The molecule has 6 nitrogen and oxygen atoms in total. The molecule has 2 fully saturated rings. The number of hydrogen-bond acceptors (Lipinski definition) is 2. The van der Waals surface area contributed by atoms with E-state index in [9.17, 15) is 9.59 Å². The molecule has 0 saturated heterocycles. The highest BCUT2D eigenvalue weighted by Crippen LogP contribution is 2.30. The van der Waals surface area contributed by atoms with Gasteiger partial charge in [-0.15, -0.1) is 0 Å². The van der Waals surface area contributed by atoms with Gasteiger partial charge >= 0.3 is 6.03 Å². The lowest BCUT2D eigenvalue weighted by molar-refractivity contribution is -0.133. The molecule has 0 atom stereocenters. The molecule has 0 unspecified atom stereocenters. The summed E-state index contributed by atoms with van der Waals surface area (Å²) < 4.78 is 2.06. The Kier molecular flexibility index (Phi) is 7.18. The van der Waals surface area contributed by atoms with E-state index in [0.717, 1.165) is 56.3 Å². The number of hydrogen-bond donors (Lipinski definition) is 1. The van der Waals surface area contributed by atoms with E-state index in [0.29, 0.717) is 12.6 Å². The highest BCUT2D eigenvalue weighted by atomic mass is 16.2. The standard InChI is InChI=1S/C26H36N4O2/c1-3-20-11-13-21(14-12-20)27-26(32)30(22-8-5-4-6-9-22)19-25(31)29(23-15-16-23)18-24-10-7-17-28(24)2/h7,10-14,17,22-23H,3-6,8-9,15-16,18-19H2,1-2H3,(H,27,32). The molecule has 1 heterocycles. The van der Waals surface area contributed by atoms with E-state index < -0.39 is 0 Å². The minimum absolute atomic E-state index is 0.0516. The maximum Gasteiger partial charge on any atom is 0.322 e. The summed E-state index contributed by atoms with van der Waals surface area (Å²) in [5.41, 5.74) is 3.14. The van der Waals surface area contributed by atoms with Crippen LogP contribution in [0.25, 0.3) is 0 Å². The molecule has 172 valence electrons. The van der Waals surface area contributed by atoms with Crippen molar-refractivity contribution in [1.29, 1.82) is 0 Å². The highest BCUT2D eigenvalue weighted by molar-refractivity contribution is 5.92. The number of nitrogens with zero attached hydrogens (tertiary/aromatic N) is 3. The number of urea groups is 1. The molecule has 2 aliphatic carbocycles. The Morgan fingerprint density at radius 1 is 0.969 bits per heavy atom. The quantitative estimate of drug-likeness (QED) is 0.637. The molecular weight excluding hydrogens is 400 g/mol. The fraction of sp³-hybridized carbons (Fsp3) is 0.538. The summed E-state index contributed by atoms with van der Waals surface area (Å²) in [5.74, 6) is 0.0516. The zero-order chi connectivity index (χ0) is 22.5. The maximum atomic E-state index is 13.5. The molecule has 0 radical (unpaired) electrons. The third kappa shape index (κ3) is 5.53. The van der Waals surface area contributed by atoms with Gasteiger partial charge in [-0.1, -0.05) is 38.3 Å². The first-order valence-electron chi connectivity index (χ1n) is 12.1. The molecule has 1 N–H and O–H groups in total. The molecule has 1 aromatic carbocycles. The summed E-state index contributed by atoms with van der Waals surface area (Å²) in [6.07, 6.45) is 10.5. The Labute approximate surface area is 191 Å². The molecule has 0 bridgehead atoms. The van der Waals surface area contributed by atoms with Gasteiger partial charge in [0.15, 0.2) is 0 Å². The van der Waals surface area contributed by atoms with E-state index in [-0.39, 0.29) is 24.5 Å². The third-order valence-electron chi connectivity index (χ3n) is 6.89. The van der Waals surface area contributed by atoms with Gasteiger partial charge in [-0.3, -0.25) is 4.79 Å². The second kappa shape index (κ2) is 10.2. The maximum absolute atomic E-state index is 13.5. The largest absolute Gasteiger partial charge is 0.353 e. The number of aryl methyl sites for hydroxylation is 2. The number of carbonyl (C=O) groups is 2. The fourth-order valence-electron chi connectivity index (χ4n) is 4.66. The second-order valence-electron chi connectivity index (χ2n) is 9.26. The summed E-state index contributed by atoms with van der Waals surface area (Å²) >= 11 is 0. The molecule has 0 spiro atoms. The molecule has 32 heavy (non-hydrogen) atoms. The normalized spacial score (nSPS) is 16.6. The van der Waals surface area contributed by atoms with Crippen LogP contribution < -0.4 is 5.32 Å². The van der Waals surface area contributed by atoms with Gasteiger partial charge in [-0.2, -0.15) is 0 Å². The number of rotatable bonds is 8. The fourth-order valence-corrected chi connectivity index (χ4v) is 4.66. The molecule has 2 saturated carbocycles. The number of nitrogens with one attached hydrogen (secondary N) is 1. The van der Waals surface area contributed by atoms with Crippen LogP contribution in [0.2, 0.25) is 0 Å². The molecule has 2 aromatic rings. The van der Waals surface area contributed by atoms with Crippen LogP contribution in [0.3, 0.4) is 0 Å². The number of carbonyl (C=O) groups excluding carboxylic acids is 2. The first-order chi connectivity index (χ1) is 15.5. The van der Waals surface area contributed by atoms with Gasteiger partial charge in [0.1, 0.15) is 6.54 Å². The number of anilines is 1. The van der Waals surface area contributed by atoms with Crippen LogP contribution in [0.5, 0.6) is 0 Å². The highest BCUT2D eigenvalue weighted by Gasteiger charge is 2.35. The van der Waals surface area contributed by atoms with Crippen LogP contribution in [0, 0.1) is 0 Å². The third-order valence-corrected chi connectivity index (χ3v) is 6.89. The zero-order valence-electron chi connectivity index (χ0n) is 19.4. The van der Waals surface area contributed by atoms with E-state index in [4.69, 9.17) is 0 Å². The van der Waals surface area contributed by atoms with Crippen molar-refractivity contribution >= 4 is 17.6 Å². The van der Waals surface area contributed by atoms with Crippen LogP contribution >= 0.6 is 0 Å². The Bertz CT molecular complexity index is 910. The van der Waals surface area contributed by atoms with E-state index >= 15 is 0 Å². The summed E-state index contributed by atoms with van der Waals surface area (Å²) in [6.45, 7) is 2.86. The van der Waals surface area contributed by atoms with Crippen molar-refractivity contribution in [3.63, 3.8) is 0 Å². The van der Waals surface area contributed by atoms with Crippen LogP contribution in [-0.4, -0.2) is 44.9 Å². The second-order valence-corrected chi connectivity index (χ2v) is 9.26. The predicted octanol–water partition coefficient (Wildman–Crippen LogP) is 4.95. The van der Waals surface area contributed by atoms with Crippen molar-refractivity contribution in [3.8, 4) is 0 Å². The van der Waals surface area contributed by atoms with Crippen molar-refractivity contribution in [2.75, 3.05) is 11.9 Å². The Morgan fingerprint density at radius 3 is 2.25 bits per heavy atom. The van der Waals surface area contributed by atoms with Crippen LogP contribution in [0.15, 0.2) is 42.6 Å². The van der Waals surface area contributed by atoms with Gasteiger partial charge in [0.25, 0.3) is 0 Å². The average Bonchev–Trinajstić information content (AvgIpc) is 3.58. The molecule has 0 aliphatic heterocycles. The average molecular weight is 437 g/mol. The smallest absolute Gasteiger partial charge is 0.322 e. The van der Waals surface area contributed by atoms with Crippen molar-refractivity contribution < 1.29 is 9.59 Å². The van der Waals surface area contributed by atoms with E-state index in [1.165, 1.54) is 12.0 Å². The molecule has 6 heteroatoms. The van der Waals surface area contributed by atoms with Crippen molar-refractivity contribution in [2.45, 2.75) is 76.9 Å². The first-order valence-corrected chi connectivity index (χ1v) is 12.1. The van der Waals surface area contributed by atoms with Crippen LogP contribution in [-0.2, 0) is 24.8 Å². The topological polar surface area (TPSA) is 57.6 Å². The summed E-state index contributed by atoms with van der Waals surface area (Å²) in [5, 5.41) is 3.05. The van der Waals surface area contributed by atoms with Crippen molar-refractivity contribution in [3.05, 3.63) is 53.9 Å². The minimum Gasteiger partial charge on any atom is -0.353 e. The number of amides is 3. The van der Waals surface area contributed by atoms with Crippen LogP contribution in [0.1, 0.15) is 63.1 Å². The van der Waals surface area contributed by atoms with Gasteiger partial charge in [0.2, 0.25) is 5.91 Å². The number of aromatic nitrogens is 1. The van der Waals surface area contributed by atoms with Crippen molar-refractivity contribution in [2.24, 2.45) is 7.05 Å². The molecule has 2 aliphatic rings. The molecule has 1 aromatic heterocycles. The summed E-state index contributed by atoms with van der Waals surface area (Å²) in [6, 6.07) is 12.3. The lowest BCUT2D eigenvalue weighted by Gasteiger charge is -2.35. The predicted molar refractivity (Wildman–Crippen MR) is 127 cm³/mol. The summed E-state index contributed by atoms with van der Waals surface area (Å²) in [7, 11) is 2.01. The van der Waals surface area contributed by atoms with Gasteiger partial charge in [-0.05, 0) is 61.9 Å². The van der Waals surface area contributed by atoms with E-state index in [2.05, 4.69) is 22.9 Å². The Balaban J connectivity index is 1.48. The number of benzene rings is 1. The zero-order valence-corrected chi connectivity index (χ0v) is 19.4. The molecule has 4 rings (SSSR count). The van der Waals surface area contributed by atoms with Gasteiger partial charge < -0.3 is 19.7 Å². The van der Waals surface area contributed by atoms with E-state index in [1.807, 2.05) is 48.5 Å². The Hall–Kier alpha value is -2.76. The lowest BCUT2D eigenvalue weighted by Crippen LogP contribution is -2.50. The van der Waals surface area contributed by atoms with Gasteiger partial charge in [0.05, 0.1) is 6.54 Å². The molecule has 3 amide bonds. The lowest BCUT2D eigenvalue weighted by atomic mass is 9.94. The Morgan fingerprint density at radius 2 is 1.66 bits per heavy atom. The summed E-state index contributed by atoms with van der Waals surface area (Å²) in [4.78, 5) is 30.6. The monoisotopic (exact) mass is 436 g/mol. The van der Waals surface area contributed by atoms with Crippen molar-refractivity contribution in [1.82, 2.24) is 14.4 Å².